The van der Waals surface area contributed by atoms with Gasteiger partial charge in [0, 0.05) is 22.4 Å². The fourth-order valence-corrected chi connectivity index (χ4v) is 11.5. The van der Waals surface area contributed by atoms with Crippen LogP contribution < -0.4 is 4.90 Å². The van der Waals surface area contributed by atoms with Gasteiger partial charge in [0.05, 0.1) is 5.69 Å². The van der Waals surface area contributed by atoms with E-state index in [9.17, 15) is 0 Å². The molecular weight excluding hydrogens is 639 g/mol. The highest BCUT2D eigenvalue weighted by Crippen LogP contribution is 2.69. The second-order valence-corrected chi connectivity index (χ2v) is 16.2. The zero-order valence-electron chi connectivity index (χ0n) is 30.0. The molecule has 0 aromatic heterocycles. The number of para-hydroxylation sites is 1. The van der Waals surface area contributed by atoms with Crippen molar-refractivity contribution in [3.8, 4) is 44.5 Å². The minimum atomic E-state index is 0.180. The number of benzene rings is 7. The van der Waals surface area contributed by atoms with Gasteiger partial charge in [0.25, 0.3) is 0 Å². The van der Waals surface area contributed by atoms with Crippen LogP contribution in [0.25, 0.3) is 44.5 Å². The van der Waals surface area contributed by atoms with Gasteiger partial charge in [-0.1, -0.05) is 133 Å². The average molecular weight is 682 g/mol. The molecule has 5 aliphatic rings. The van der Waals surface area contributed by atoms with Crippen molar-refractivity contribution in [2.24, 2.45) is 23.7 Å². The molecule has 7 aromatic carbocycles. The topological polar surface area (TPSA) is 3.24 Å². The predicted octanol–water partition coefficient (Wildman–Crippen LogP) is 13.9. The summed E-state index contributed by atoms with van der Waals surface area (Å²) < 4.78 is 0. The molecule has 4 fully saturated rings. The molecule has 0 atom stereocenters. The summed E-state index contributed by atoms with van der Waals surface area (Å²) in [6.45, 7) is 0. The van der Waals surface area contributed by atoms with Crippen LogP contribution in [0.15, 0.2) is 176 Å². The third-order valence-electron chi connectivity index (χ3n) is 13.5. The van der Waals surface area contributed by atoms with Crippen molar-refractivity contribution < 1.29 is 0 Å². The van der Waals surface area contributed by atoms with E-state index in [1.165, 1.54) is 76.6 Å². The molecule has 1 spiro atoms. The van der Waals surface area contributed by atoms with Gasteiger partial charge in [0.2, 0.25) is 0 Å². The van der Waals surface area contributed by atoms with E-state index in [4.69, 9.17) is 0 Å². The minimum absolute atomic E-state index is 0.180. The van der Waals surface area contributed by atoms with E-state index in [0.717, 1.165) is 40.7 Å². The van der Waals surface area contributed by atoms with Crippen molar-refractivity contribution in [2.45, 2.75) is 37.5 Å². The monoisotopic (exact) mass is 681 g/mol. The van der Waals surface area contributed by atoms with Crippen molar-refractivity contribution in [2.75, 3.05) is 4.90 Å². The van der Waals surface area contributed by atoms with E-state index in [0.29, 0.717) is 0 Å². The molecule has 1 nitrogen and oxygen atoms in total. The number of nitrogens with zero attached hydrogens (tertiary/aromatic N) is 1. The van der Waals surface area contributed by atoms with Crippen LogP contribution in [0, 0.1) is 23.7 Å². The molecule has 0 unspecified atom stereocenters. The Bertz CT molecular complexity index is 2420. The van der Waals surface area contributed by atoms with Crippen molar-refractivity contribution in [3.63, 3.8) is 0 Å². The molecule has 256 valence electrons. The fraction of sp³-hybridized carbons (Fsp3) is 0.192. The Labute approximate surface area is 313 Å². The van der Waals surface area contributed by atoms with Gasteiger partial charge in [-0.2, -0.15) is 0 Å². The Kier molecular flexibility index (Phi) is 7.12. The molecular formula is C52H43N. The third kappa shape index (κ3) is 4.83. The lowest BCUT2D eigenvalue weighted by molar-refractivity contribution is -0.0399. The summed E-state index contributed by atoms with van der Waals surface area (Å²) in [7, 11) is 0. The molecule has 0 amide bonds. The Morgan fingerprint density at radius 2 is 0.868 bits per heavy atom. The van der Waals surface area contributed by atoms with Gasteiger partial charge < -0.3 is 4.90 Å². The fourth-order valence-electron chi connectivity index (χ4n) is 11.5. The Morgan fingerprint density at radius 1 is 0.358 bits per heavy atom. The Balaban J connectivity index is 1.02. The highest BCUT2D eigenvalue weighted by atomic mass is 15.1. The molecule has 0 saturated heterocycles. The molecule has 12 rings (SSSR count). The number of fused-ring (bicyclic) bond motifs is 3. The van der Waals surface area contributed by atoms with Gasteiger partial charge in [-0.05, 0) is 148 Å². The van der Waals surface area contributed by atoms with E-state index in [1.807, 2.05) is 0 Å². The van der Waals surface area contributed by atoms with Crippen LogP contribution >= 0.6 is 0 Å². The first kappa shape index (κ1) is 30.9. The van der Waals surface area contributed by atoms with Crippen molar-refractivity contribution in [1.29, 1.82) is 0 Å². The first-order chi connectivity index (χ1) is 26.2. The summed E-state index contributed by atoms with van der Waals surface area (Å²) in [5, 5.41) is 0. The lowest BCUT2D eigenvalue weighted by Gasteiger charge is -2.61. The molecule has 0 N–H and O–H groups in total. The smallest absolute Gasteiger partial charge is 0.0540 e. The molecule has 4 bridgehead atoms. The van der Waals surface area contributed by atoms with E-state index in [-0.39, 0.29) is 5.41 Å². The first-order valence-corrected chi connectivity index (χ1v) is 19.7. The van der Waals surface area contributed by atoms with Gasteiger partial charge in [-0.25, -0.2) is 0 Å². The van der Waals surface area contributed by atoms with Gasteiger partial charge in [0.15, 0.2) is 0 Å². The molecule has 5 aliphatic carbocycles. The highest BCUT2D eigenvalue weighted by molar-refractivity contribution is 5.91. The lowest BCUT2D eigenvalue weighted by atomic mass is 9.43. The quantitative estimate of drug-likeness (QED) is 0.169. The van der Waals surface area contributed by atoms with Gasteiger partial charge >= 0.3 is 0 Å². The Morgan fingerprint density at radius 3 is 1.57 bits per heavy atom. The number of hydrogen-bond donors (Lipinski definition) is 0. The SMILES string of the molecule is c1ccc(-c2ccc(N(c3ccccc3)c3ccc(-c4ccc5c(c4)C4(c6ccccc6-5)C5CC6CC(C5)CC4C6)cc3)c(-c3ccccc3)c2)cc1. The maximum Gasteiger partial charge on any atom is 0.0540 e. The van der Waals surface area contributed by atoms with Crippen molar-refractivity contribution in [3.05, 3.63) is 187 Å². The van der Waals surface area contributed by atoms with Gasteiger partial charge in [-0.3, -0.25) is 0 Å². The molecule has 4 saturated carbocycles. The van der Waals surface area contributed by atoms with E-state index in [2.05, 4.69) is 181 Å². The largest absolute Gasteiger partial charge is 0.310 e. The third-order valence-corrected chi connectivity index (χ3v) is 13.5. The standard InChI is InChI=1S/C52H43N/c1-4-12-37(13-5-1)40-23-27-51(48(33-40)39-14-6-2-7-15-39)53(44-16-8-3-9-17-44)45-24-20-38(21-25-45)41-22-26-47-46-18-10-11-19-49(46)52(50(47)34-41)42-29-35-28-36(31-42)32-43(52)30-35/h1-27,33-36,42-43H,28-32H2. The van der Waals surface area contributed by atoms with Gasteiger partial charge in [0.1, 0.15) is 0 Å². The zero-order valence-corrected chi connectivity index (χ0v) is 30.0. The molecule has 0 heterocycles. The number of hydrogen-bond acceptors (Lipinski definition) is 1. The first-order valence-electron chi connectivity index (χ1n) is 19.7. The molecule has 0 radical (unpaired) electrons. The van der Waals surface area contributed by atoms with E-state index >= 15 is 0 Å². The van der Waals surface area contributed by atoms with Crippen LogP contribution in [-0.2, 0) is 5.41 Å². The second-order valence-electron chi connectivity index (χ2n) is 16.2. The summed E-state index contributed by atoms with van der Waals surface area (Å²) in [5.74, 6) is 3.43. The number of rotatable bonds is 6. The normalized spacial score (nSPS) is 23.2. The highest BCUT2D eigenvalue weighted by Gasteiger charge is 2.61. The van der Waals surface area contributed by atoms with Crippen LogP contribution in [0.1, 0.15) is 43.2 Å². The molecule has 7 aromatic rings. The van der Waals surface area contributed by atoms with Gasteiger partial charge in [-0.15, -0.1) is 0 Å². The van der Waals surface area contributed by atoms with E-state index < -0.39 is 0 Å². The lowest BCUT2D eigenvalue weighted by Crippen LogP contribution is -2.55. The van der Waals surface area contributed by atoms with E-state index in [1.54, 1.807) is 11.1 Å². The average Bonchev–Trinajstić information content (AvgIpc) is 3.51. The van der Waals surface area contributed by atoms with Crippen LogP contribution in [0.3, 0.4) is 0 Å². The molecule has 0 aliphatic heterocycles. The van der Waals surface area contributed by atoms with Crippen molar-refractivity contribution >= 4 is 17.1 Å². The maximum atomic E-state index is 2.61. The van der Waals surface area contributed by atoms with Crippen LogP contribution in [0.2, 0.25) is 0 Å². The number of anilines is 3. The second kappa shape index (κ2) is 12.2. The van der Waals surface area contributed by atoms with Crippen LogP contribution in [0.4, 0.5) is 17.1 Å². The summed E-state index contributed by atoms with van der Waals surface area (Å²) in [4.78, 5) is 2.42. The zero-order chi connectivity index (χ0) is 34.9. The summed E-state index contributed by atoms with van der Waals surface area (Å²) in [5.41, 5.74) is 17.3. The molecule has 53 heavy (non-hydrogen) atoms. The van der Waals surface area contributed by atoms with Crippen LogP contribution in [0.5, 0.6) is 0 Å². The minimum Gasteiger partial charge on any atom is -0.310 e. The predicted molar refractivity (Wildman–Crippen MR) is 221 cm³/mol. The maximum absolute atomic E-state index is 2.61. The summed E-state index contributed by atoms with van der Waals surface area (Å²) in [6, 6.07) is 65.5. The summed E-state index contributed by atoms with van der Waals surface area (Å²) >= 11 is 0. The van der Waals surface area contributed by atoms with Crippen LogP contribution in [-0.4, -0.2) is 0 Å². The van der Waals surface area contributed by atoms with Crippen molar-refractivity contribution in [1.82, 2.24) is 0 Å². The molecule has 1 heteroatoms. The summed E-state index contributed by atoms with van der Waals surface area (Å²) in [6.07, 6.45) is 7.12. The Hall–Kier alpha value is -5.66.